The van der Waals surface area contributed by atoms with Crippen LogP contribution < -0.4 is 5.32 Å². The maximum absolute atomic E-state index is 14.4. The highest BCUT2D eigenvalue weighted by atomic mass is 16.6. The molecule has 0 aromatic heterocycles. The predicted molar refractivity (Wildman–Crippen MR) is 137 cm³/mol. The van der Waals surface area contributed by atoms with Crippen molar-refractivity contribution in [3.05, 3.63) is 48.0 Å². The van der Waals surface area contributed by atoms with Gasteiger partial charge in [-0.05, 0) is 50.3 Å². The third-order valence-electron chi connectivity index (χ3n) is 10.1. The van der Waals surface area contributed by atoms with Gasteiger partial charge in [-0.3, -0.25) is 14.4 Å². The van der Waals surface area contributed by atoms with E-state index in [-0.39, 0.29) is 53.8 Å². The van der Waals surface area contributed by atoms with Crippen molar-refractivity contribution in [2.45, 2.75) is 89.1 Å². The molecule has 38 heavy (non-hydrogen) atoms. The van der Waals surface area contributed by atoms with Gasteiger partial charge in [-0.15, -0.1) is 0 Å². The topological polar surface area (TPSA) is 118 Å². The zero-order chi connectivity index (χ0) is 27.2. The Morgan fingerprint density at radius 2 is 1.87 bits per heavy atom. The first kappa shape index (κ1) is 25.7. The number of nitrogens with one attached hydrogen (secondary N) is 1. The monoisotopic (exact) mass is 523 g/mol. The normalized spacial score (nSPS) is 49.8. The minimum atomic E-state index is -1.78. The third kappa shape index (κ3) is 3.63. The van der Waals surface area contributed by atoms with Gasteiger partial charge in [-0.1, -0.05) is 44.2 Å². The van der Waals surface area contributed by atoms with Gasteiger partial charge >= 0.3 is 5.97 Å². The molecule has 6 rings (SSSR count). The number of rotatable bonds is 3. The summed E-state index contributed by atoms with van der Waals surface area (Å²) in [5, 5.41) is 14.4. The zero-order valence-corrected chi connectivity index (χ0v) is 22.5. The number of hydrogen-bond acceptors (Lipinski definition) is 7. The first-order valence-electron chi connectivity index (χ1n) is 13.7. The van der Waals surface area contributed by atoms with Gasteiger partial charge in [0, 0.05) is 30.7 Å². The number of ether oxygens (including phenoxy) is 3. The maximum Gasteiger partial charge on any atom is 0.303 e. The van der Waals surface area contributed by atoms with Crippen LogP contribution in [0.15, 0.2) is 42.5 Å². The number of Topliss-reactive ketones (excluding diaryl/α,β-unsaturated/α-hetero) is 1. The van der Waals surface area contributed by atoms with Crippen LogP contribution in [0.1, 0.15) is 46.6 Å². The first-order valence-corrected chi connectivity index (χ1v) is 13.7. The Bertz CT molecular complexity index is 1200. The fourth-order valence-corrected chi connectivity index (χ4v) is 8.09. The highest BCUT2D eigenvalue weighted by Crippen LogP contribution is 2.69. The van der Waals surface area contributed by atoms with Crippen molar-refractivity contribution in [3.8, 4) is 0 Å². The summed E-state index contributed by atoms with van der Waals surface area (Å²) < 4.78 is 18.6. The summed E-state index contributed by atoms with van der Waals surface area (Å²) in [5.74, 6) is -2.17. The van der Waals surface area contributed by atoms with Gasteiger partial charge in [0.1, 0.15) is 17.1 Å². The Morgan fingerprint density at radius 3 is 2.55 bits per heavy atom. The maximum atomic E-state index is 14.4. The summed E-state index contributed by atoms with van der Waals surface area (Å²) in [6.45, 7) is 8.78. The van der Waals surface area contributed by atoms with Gasteiger partial charge in [-0.25, -0.2) is 0 Å². The number of benzene rings is 1. The van der Waals surface area contributed by atoms with Crippen molar-refractivity contribution in [1.29, 1.82) is 0 Å². The van der Waals surface area contributed by atoms with Crippen LogP contribution in [-0.2, 0) is 35.0 Å². The van der Waals surface area contributed by atoms with Crippen LogP contribution in [0.3, 0.4) is 0 Å². The Labute approximate surface area is 223 Å². The van der Waals surface area contributed by atoms with E-state index in [0.29, 0.717) is 12.8 Å². The number of amides is 1. The van der Waals surface area contributed by atoms with E-state index in [4.69, 9.17) is 14.2 Å². The molecule has 1 saturated carbocycles. The average molecular weight is 524 g/mol. The molecule has 3 aliphatic heterocycles. The molecule has 1 aromatic rings. The lowest BCUT2D eigenvalue weighted by Crippen LogP contribution is -2.62. The van der Waals surface area contributed by atoms with Crippen molar-refractivity contribution in [2.24, 2.45) is 29.1 Å². The van der Waals surface area contributed by atoms with Gasteiger partial charge in [0.25, 0.3) is 0 Å². The van der Waals surface area contributed by atoms with E-state index in [9.17, 15) is 19.5 Å². The van der Waals surface area contributed by atoms with Gasteiger partial charge in [0.2, 0.25) is 5.91 Å². The van der Waals surface area contributed by atoms with Crippen molar-refractivity contribution >= 4 is 17.7 Å². The molecule has 1 spiro atoms. The molecule has 3 heterocycles. The lowest BCUT2D eigenvalue weighted by molar-refractivity contribution is -0.166. The smallest absolute Gasteiger partial charge is 0.303 e. The second kappa shape index (κ2) is 8.47. The van der Waals surface area contributed by atoms with Gasteiger partial charge in [0.05, 0.1) is 23.9 Å². The number of esters is 1. The van der Waals surface area contributed by atoms with Crippen LogP contribution in [0.2, 0.25) is 0 Å². The van der Waals surface area contributed by atoms with Gasteiger partial charge in [-0.2, -0.15) is 0 Å². The Hall–Kier alpha value is -2.55. The molecule has 2 aliphatic carbocycles. The summed E-state index contributed by atoms with van der Waals surface area (Å²) in [6.07, 6.45) is 2.22. The number of aliphatic hydroxyl groups is 1. The Morgan fingerprint density at radius 1 is 1.16 bits per heavy atom. The average Bonchev–Trinajstić information content (AvgIpc) is 3.74. The van der Waals surface area contributed by atoms with E-state index >= 15 is 0 Å². The van der Waals surface area contributed by atoms with Crippen LogP contribution in [0.25, 0.3) is 0 Å². The van der Waals surface area contributed by atoms with E-state index in [1.807, 2.05) is 30.3 Å². The Balaban J connectivity index is 1.53. The molecule has 3 saturated heterocycles. The number of epoxide rings is 2. The highest BCUT2D eigenvalue weighted by Gasteiger charge is 2.82. The van der Waals surface area contributed by atoms with E-state index in [1.165, 1.54) is 19.9 Å². The minimum Gasteiger partial charge on any atom is -0.457 e. The van der Waals surface area contributed by atoms with E-state index in [0.717, 1.165) is 5.56 Å². The summed E-state index contributed by atoms with van der Waals surface area (Å²) in [4.78, 5) is 40.1. The van der Waals surface area contributed by atoms with Crippen LogP contribution in [0.5, 0.6) is 0 Å². The Kier molecular flexibility index (Phi) is 5.73. The molecule has 0 bridgehead atoms. The number of hydrogen-bond donors (Lipinski definition) is 2. The molecule has 204 valence electrons. The lowest BCUT2D eigenvalue weighted by Gasteiger charge is -2.50. The third-order valence-corrected chi connectivity index (χ3v) is 10.1. The zero-order valence-electron chi connectivity index (χ0n) is 22.5. The summed E-state index contributed by atoms with van der Waals surface area (Å²) in [5.41, 5.74) is -2.30. The molecule has 8 nitrogen and oxygen atoms in total. The fourth-order valence-electron chi connectivity index (χ4n) is 8.09. The minimum absolute atomic E-state index is 0.0359. The summed E-state index contributed by atoms with van der Waals surface area (Å²) in [6, 6.07) is 9.80. The largest absolute Gasteiger partial charge is 0.457 e. The van der Waals surface area contributed by atoms with Crippen LogP contribution >= 0.6 is 0 Å². The van der Waals surface area contributed by atoms with Crippen molar-refractivity contribution in [2.75, 3.05) is 0 Å². The van der Waals surface area contributed by atoms with Crippen LogP contribution in [0, 0.1) is 29.1 Å². The molecule has 1 aromatic carbocycles. The molecular weight excluding hydrogens is 486 g/mol. The molecule has 2 N–H and O–H groups in total. The standard InChI is InChI=1S/C30H37NO7/c1-15-13-20-24(37-20)23-26-29(5,38-26)16(2)22-19(14-18-9-7-6-8-10-18)31-27(34)30(22,23)21(36-17(3)32)11-12-28(4,35)25(15)33/h6-12,15-16,19-24,26,35H,13-14H2,1-5H3,(H,31,34)/b12-11+/t15-,16-,19-,20-,21-,22+,23+,24+,26+,28-,29-,30-/m1/s1. The van der Waals surface area contributed by atoms with Gasteiger partial charge in [0.15, 0.2) is 5.78 Å². The SMILES string of the molecule is CC(=O)O[C@@H]1/C=C/[C@@](C)(O)C(=O)[C@H](C)C[C@H]2O[C@@H]2[C@H]2[C@@H]3O[C@]3(C)[C@H](C)[C@H]3[C@@H](Cc4ccccc4)NC(=O)[C@]321. The molecule has 12 atom stereocenters. The summed E-state index contributed by atoms with van der Waals surface area (Å²) in [7, 11) is 0. The van der Waals surface area contributed by atoms with Crippen LogP contribution in [-0.4, -0.2) is 64.4 Å². The number of ketones is 1. The quantitative estimate of drug-likeness (QED) is 0.355. The predicted octanol–water partition coefficient (Wildman–Crippen LogP) is 2.37. The van der Waals surface area contributed by atoms with Gasteiger partial charge < -0.3 is 24.6 Å². The van der Waals surface area contributed by atoms with E-state index < -0.39 is 34.6 Å². The summed E-state index contributed by atoms with van der Waals surface area (Å²) >= 11 is 0. The molecule has 0 radical (unpaired) electrons. The number of carbonyl (C=O) groups is 3. The van der Waals surface area contributed by atoms with Crippen molar-refractivity contribution < 1.29 is 33.7 Å². The first-order chi connectivity index (χ1) is 17.9. The molecule has 5 aliphatic rings. The molecule has 8 heteroatoms. The second-order valence-corrected chi connectivity index (χ2v) is 12.4. The molecule has 0 unspecified atom stereocenters. The van der Waals surface area contributed by atoms with Crippen molar-refractivity contribution in [1.82, 2.24) is 5.32 Å². The molecular formula is C30H37NO7. The molecule has 1 amide bonds. The number of carbonyl (C=O) groups excluding carboxylic acids is 3. The van der Waals surface area contributed by atoms with E-state index in [1.54, 1.807) is 13.0 Å². The van der Waals surface area contributed by atoms with Crippen molar-refractivity contribution in [3.63, 3.8) is 0 Å². The molecule has 4 fully saturated rings. The van der Waals surface area contributed by atoms with Crippen LogP contribution in [0.4, 0.5) is 0 Å². The second-order valence-electron chi connectivity index (χ2n) is 12.4. The van der Waals surface area contributed by atoms with E-state index in [2.05, 4.69) is 19.2 Å². The fraction of sp³-hybridized carbons (Fsp3) is 0.633. The number of fused-ring (bicyclic) bond motifs is 4. The lowest BCUT2D eigenvalue weighted by atomic mass is 9.50. The highest BCUT2D eigenvalue weighted by molar-refractivity contribution is 5.91.